The first-order valence-corrected chi connectivity index (χ1v) is 7.62. The summed E-state index contributed by atoms with van der Waals surface area (Å²) >= 11 is 0. The summed E-state index contributed by atoms with van der Waals surface area (Å²) in [5.41, 5.74) is 0. The SMILES string of the molecule is CCC(C(=O)O)N(C)C(=O)NCC1CN2CCCC2CO1. The molecular weight excluding hydrogens is 274 g/mol. The maximum absolute atomic E-state index is 12.0. The summed E-state index contributed by atoms with van der Waals surface area (Å²) < 4.78 is 5.77. The lowest BCUT2D eigenvalue weighted by molar-refractivity contribution is -0.141. The summed E-state index contributed by atoms with van der Waals surface area (Å²) in [6, 6.07) is -0.618. The van der Waals surface area contributed by atoms with Gasteiger partial charge in [-0.1, -0.05) is 6.92 Å². The van der Waals surface area contributed by atoms with Crippen LogP contribution >= 0.6 is 0 Å². The molecule has 2 amide bonds. The van der Waals surface area contributed by atoms with Crippen molar-refractivity contribution in [2.45, 2.75) is 44.4 Å². The molecule has 7 heteroatoms. The van der Waals surface area contributed by atoms with Crippen molar-refractivity contribution >= 4 is 12.0 Å². The highest BCUT2D eigenvalue weighted by molar-refractivity contribution is 5.82. The van der Waals surface area contributed by atoms with E-state index >= 15 is 0 Å². The number of aliphatic carboxylic acids is 1. The van der Waals surface area contributed by atoms with Gasteiger partial charge in [0.15, 0.2) is 0 Å². The molecule has 2 aliphatic heterocycles. The first-order valence-electron chi connectivity index (χ1n) is 7.62. The summed E-state index contributed by atoms with van der Waals surface area (Å²) in [6.07, 6.45) is 2.78. The number of fused-ring (bicyclic) bond motifs is 1. The van der Waals surface area contributed by atoms with Gasteiger partial charge in [-0.3, -0.25) is 4.90 Å². The molecule has 2 fully saturated rings. The highest BCUT2D eigenvalue weighted by atomic mass is 16.5. The fraction of sp³-hybridized carbons (Fsp3) is 0.857. The molecule has 0 aromatic carbocycles. The Bertz CT molecular complexity index is 390. The number of carbonyl (C=O) groups is 2. The van der Waals surface area contributed by atoms with Gasteiger partial charge in [0, 0.05) is 26.2 Å². The first-order chi connectivity index (χ1) is 10.0. The van der Waals surface area contributed by atoms with Gasteiger partial charge in [0.1, 0.15) is 6.04 Å². The molecule has 2 heterocycles. The zero-order valence-corrected chi connectivity index (χ0v) is 12.7. The lowest BCUT2D eigenvalue weighted by Crippen LogP contribution is -2.53. The Morgan fingerprint density at radius 3 is 2.95 bits per heavy atom. The molecule has 0 radical (unpaired) electrons. The van der Waals surface area contributed by atoms with Gasteiger partial charge in [-0.15, -0.1) is 0 Å². The molecule has 2 aliphatic rings. The number of urea groups is 1. The average Bonchev–Trinajstić information content (AvgIpc) is 2.92. The smallest absolute Gasteiger partial charge is 0.326 e. The van der Waals surface area contributed by atoms with E-state index in [1.54, 1.807) is 6.92 Å². The van der Waals surface area contributed by atoms with Gasteiger partial charge >= 0.3 is 12.0 Å². The molecule has 2 rings (SSSR count). The third kappa shape index (κ3) is 3.85. The summed E-state index contributed by atoms with van der Waals surface area (Å²) in [6.45, 7) is 4.84. The number of nitrogens with zero attached hydrogens (tertiary/aromatic N) is 2. The molecule has 0 saturated carbocycles. The van der Waals surface area contributed by atoms with Crippen LogP contribution in [0.1, 0.15) is 26.2 Å². The number of carboxylic acids is 1. The predicted molar refractivity (Wildman–Crippen MR) is 77.2 cm³/mol. The Morgan fingerprint density at radius 2 is 2.29 bits per heavy atom. The minimum Gasteiger partial charge on any atom is -0.480 e. The van der Waals surface area contributed by atoms with E-state index in [0.717, 1.165) is 19.7 Å². The molecule has 2 N–H and O–H groups in total. The minimum absolute atomic E-state index is 0.0124. The number of hydrogen-bond acceptors (Lipinski definition) is 4. The fourth-order valence-electron chi connectivity index (χ4n) is 3.09. The van der Waals surface area contributed by atoms with Crippen LogP contribution in [0.25, 0.3) is 0 Å². The van der Waals surface area contributed by atoms with Crippen molar-refractivity contribution in [3.8, 4) is 0 Å². The predicted octanol–water partition coefficient (Wildman–Crippen LogP) is 0.354. The van der Waals surface area contributed by atoms with Crippen LogP contribution in [-0.2, 0) is 9.53 Å². The van der Waals surface area contributed by atoms with Crippen molar-refractivity contribution in [2.75, 3.05) is 33.3 Å². The molecule has 120 valence electrons. The molecule has 0 aromatic rings. The molecule has 0 aliphatic carbocycles. The van der Waals surface area contributed by atoms with Gasteiger partial charge < -0.3 is 20.1 Å². The van der Waals surface area contributed by atoms with E-state index in [9.17, 15) is 9.59 Å². The Labute approximate surface area is 125 Å². The van der Waals surface area contributed by atoms with Crippen molar-refractivity contribution in [3.05, 3.63) is 0 Å². The molecule has 0 aromatic heterocycles. The number of nitrogens with one attached hydrogen (secondary N) is 1. The number of hydrogen-bond donors (Lipinski definition) is 2. The van der Waals surface area contributed by atoms with Crippen LogP contribution in [-0.4, -0.2) is 78.4 Å². The van der Waals surface area contributed by atoms with Crippen molar-refractivity contribution in [1.29, 1.82) is 0 Å². The fourth-order valence-corrected chi connectivity index (χ4v) is 3.09. The molecule has 2 saturated heterocycles. The quantitative estimate of drug-likeness (QED) is 0.766. The molecule has 7 nitrogen and oxygen atoms in total. The van der Waals surface area contributed by atoms with Crippen LogP contribution in [0, 0.1) is 0 Å². The van der Waals surface area contributed by atoms with Crippen LogP contribution in [0.15, 0.2) is 0 Å². The maximum atomic E-state index is 12.0. The topological polar surface area (TPSA) is 82.1 Å². The first kappa shape index (κ1) is 16.0. The molecule has 0 bridgehead atoms. The summed E-state index contributed by atoms with van der Waals surface area (Å²) in [7, 11) is 1.51. The van der Waals surface area contributed by atoms with Crippen molar-refractivity contribution in [2.24, 2.45) is 0 Å². The van der Waals surface area contributed by atoms with E-state index in [2.05, 4.69) is 10.2 Å². The average molecular weight is 299 g/mol. The molecule has 3 atom stereocenters. The lowest BCUT2D eigenvalue weighted by Gasteiger charge is -2.35. The Balaban J connectivity index is 1.77. The second kappa shape index (κ2) is 7.09. The number of morpholine rings is 1. The van der Waals surface area contributed by atoms with E-state index in [-0.39, 0.29) is 12.1 Å². The standard InChI is InChI=1S/C14H25N3O4/c1-3-12(13(18)19)16(2)14(20)15-7-11-8-17-6-4-5-10(17)9-21-11/h10-12H,3-9H2,1-2H3,(H,15,20)(H,18,19). The van der Waals surface area contributed by atoms with E-state index < -0.39 is 12.0 Å². The number of ether oxygens (including phenoxy) is 1. The Hall–Kier alpha value is -1.34. The third-order valence-electron chi connectivity index (χ3n) is 4.40. The highest BCUT2D eigenvalue weighted by Gasteiger charge is 2.32. The van der Waals surface area contributed by atoms with Gasteiger partial charge in [-0.2, -0.15) is 0 Å². The number of likely N-dealkylation sites (N-methyl/N-ethyl adjacent to an activating group) is 1. The number of carboxylic acid groups (broad SMARTS) is 1. The van der Waals surface area contributed by atoms with Crippen molar-refractivity contribution in [3.63, 3.8) is 0 Å². The second-order valence-corrected chi connectivity index (χ2v) is 5.81. The van der Waals surface area contributed by atoms with E-state index in [1.165, 1.54) is 24.8 Å². The van der Waals surface area contributed by atoms with Crippen LogP contribution in [0.4, 0.5) is 4.79 Å². The molecule has 0 spiro atoms. The normalized spacial score (nSPS) is 27.0. The molecular formula is C14H25N3O4. The van der Waals surface area contributed by atoms with Crippen molar-refractivity contribution in [1.82, 2.24) is 15.1 Å². The zero-order chi connectivity index (χ0) is 15.4. The number of rotatable bonds is 5. The van der Waals surface area contributed by atoms with Crippen LogP contribution < -0.4 is 5.32 Å². The Morgan fingerprint density at radius 1 is 1.52 bits per heavy atom. The van der Waals surface area contributed by atoms with Crippen LogP contribution in [0.3, 0.4) is 0 Å². The molecule has 21 heavy (non-hydrogen) atoms. The van der Waals surface area contributed by atoms with Gasteiger partial charge in [-0.05, 0) is 25.8 Å². The number of carbonyl (C=O) groups excluding carboxylic acids is 1. The van der Waals surface area contributed by atoms with Gasteiger partial charge in [0.25, 0.3) is 0 Å². The zero-order valence-electron chi connectivity index (χ0n) is 12.7. The molecule has 3 unspecified atom stereocenters. The van der Waals surface area contributed by atoms with E-state index in [4.69, 9.17) is 9.84 Å². The third-order valence-corrected chi connectivity index (χ3v) is 4.40. The van der Waals surface area contributed by atoms with Crippen molar-refractivity contribution < 1.29 is 19.4 Å². The van der Waals surface area contributed by atoms with E-state index in [0.29, 0.717) is 19.0 Å². The Kier molecular flexibility index (Phi) is 5.41. The van der Waals surface area contributed by atoms with Crippen LogP contribution in [0.2, 0.25) is 0 Å². The maximum Gasteiger partial charge on any atom is 0.326 e. The lowest BCUT2D eigenvalue weighted by atomic mass is 10.2. The minimum atomic E-state index is -0.982. The van der Waals surface area contributed by atoms with Gasteiger partial charge in [0.2, 0.25) is 0 Å². The van der Waals surface area contributed by atoms with E-state index in [1.807, 2.05) is 0 Å². The largest absolute Gasteiger partial charge is 0.480 e. The monoisotopic (exact) mass is 299 g/mol. The summed E-state index contributed by atoms with van der Waals surface area (Å²) in [5.74, 6) is -0.982. The van der Waals surface area contributed by atoms with Crippen LogP contribution in [0.5, 0.6) is 0 Å². The van der Waals surface area contributed by atoms with Gasteiger partial charge in [0.05, 0.1) is 12.7 Å². The highest BCUT2D eigenvalue weighted by Crippen LogP contribution is 2.22. The summed E-state index contributed by atoms with van der Waals surface area (Å²) in [4.78, 5) is 26.7. The number of amides is 2. The second-order valence-electron chi connectivity index (χ2n) is 5.81. The van der Waals surface area contributed by atoms with Gasteiger partial charge in [-0.25, -0.2) is 9.59 Å². The summed E-state index contributed by atoms with van der Waals surface area (Å²) in [5, 5.41) is 11.8.